The van der Waals surface area contributed by atoms with Gasteiger partial charge in [-0.1, -0.05) is 0 Å². The first-order chi connectivity index (χ1) is 5.92. The van der Waals surface area contributed by atoms with E-state index in [1.807, 2.05) is 0 Å². The molecular formula is C8H13F2NO2. The summed E-state index contributed by atoms with van der Waals surface area (Å²) in [5, 5.41) is 8.64. The lowest BCUT2D eigenvalue weighted by Crippen LogP contribution is -2.46. The number of hydrogen-bond donors (Lipinski definition) is 1. The second kappa shape index (κ2) is 3.57. The van der Waals surface area contributed by atoms with Crippen molar-refractivity contribution in [1.82, 2.24) is 4.90 Å². The minimum Gasteiger partial charge on any atom is -0.480 e. The van der Waals surface area contributed by atoms with Crippen molar-refractivity contribution in [1.29, 1.82) is 0 Å². The van der Waals surface area contributed by atoms with E-state index in [2.05, 4.69) is 0 Å². The maximum atomic E-state index is 12.7. The first kappa shape index (κ1) is 10.4. The molecule has 0 unspecified atom stereocenters. The largest absolute Gasteiger partial charge is 0.480 e. The third kappa shape index (κ3) is 2.62. The summed E-state index contributed by atoms with van der Waals surface area (Å²) in [7, 11) is 0. The Balaban J connectivity index is 2.45. The Kier molecular flexibility index (Phi) is 2.85. The zero-order chi connectivity index (χ0) is 10.1. The van der Waals surface area contributed by atoms with Crippen molar-refractivity contribution < 1.29 is 18.7 Å². The molecule has 0 aromatic rings. The highest BCUT2D eigenvalue weighted by atomic mass is 19.3. The van der Waals surface area contributed by atoms with Gasteiger partial charge in [-0.2, -0.15) is 0 Å². The van der Waals surface area contributed by atoms with Gasteiger partial charge < -0.3 is 5.11 Å². The van der Waals surface area contributed by atoms with Crippen LogP contribution in [0.1, 0.15) is 19.8 Å². The van der Waals surface area contributed by atoms with Crippen LogP contribution in [0.25, 0.3) is 0 Å². The highest BCUT2D eigenvalue weighted by molar-refractivity contribution is 5.72. The van der Waals surface area contributed by atoms with Crippen molar-refractivity contribution in [2.24, 2.45) is 0 Å². The van der Waals surface area contributed by atoms with Gasteiger partial charge >= 0.3 is 5.97 Å². The minimum absolute atomic E-state index is 0.167. The maximum Gasteiger partial charge on any atom is 0.320 e. The number of rotatable bonds is 2. The zero-order valence-corrected chi connectivity index (χ0v) is 7.46. The van der Waals surface area contributed by atoms with Crippen molar-refractivity contribution in [2.75, 3.05) is 13.1 Å². The number of carboxylic acid groups (broad SMARTS) is 1. The van der Waals surface area contributed by atoms with E-state index in [0.717, 1.165) is 0 Å². The van der Waals surface area contributed by atoms with Crippen LogP contribution in [-0.4, -0.2) is 41.0 Å². The molecule has 0 aromatic carbocycles. The number of aliphatic carboxylic acids is 1. The molecule has 1 N–H and O–H groups in total. The second-order valence-corrected chi connectivity index (χ2v) is 3.41. The number of likely N-dealkylation sites (tertiary alicyclic amines) is 1. The van der Waals surface area contributed by atoms with Gasteiger partial charge in [0.25, 0.3) is 5.92 Å². The Morgan fingerprint density at radius 1 is 1.46 bits per heavy atom. The van der Waals surface area contributed by atoms with Gasteiger partial charge in [0.1, 0.15) is 6.04 Å². The summed E-state index contributed by atoms with van der Waals surface area (Å²) in [5.74, 6) is -3.56. The molecule has 1 fully saturated rings. The summed E-state index contributed by atoms with van der Waals surface area (Å²) in [4.78, 5) is 12.1. The summed E-state index contributed by atoms with van der Waals surface area (Å²) in [6, 6.07) is -0.656. The SMILES string of the molecule is C[C@H](C(=O)O)N1CCC(F)(F)CC1. The van der Waals surface area contributed by atoms with E-state index < -0.39 is 17.9 Å². The van der Waals surface area contributed by atoms with Crippen LogP contribution in [0.3, 0.4) is 0 Å². The first-order valence-corrected chi connectivity index (χ1v) is 4.27. The van der Waals surface area contributed by atoms with E-state index in [0.29, 0.717) is 0 Å². The van der Waals surface area contributed by atoms with Crippen LogP contribution < -0.4 is 0 Å². The van der Waals surface area contributed by atoms with Gasteiger partial charge in [-0.05, 0) is 6.92 Å². The van der Waals surface area contributed by atoms with E-state index in [1.165, 1.54) is 6.92 Å². The highest BCUT2D eigenvalue weighted by Gasteiger charge is 2.36. The molecule has 1 aliphatic heterocycles. The molecule has 1 atom stereocenters. The second-order valence-electron chi connectivity index (χ2n) is 3.41. The predicted octanol–water partition coefficient (Wildman–Crippen LogP) is 1.19. The van der Waals surface area contributed by atoms with E-state index >= 15 is 0 Å². The fourth-order valence-electron chi connectivity index (χ4n) is 1.39. The number of carboxylic acids is 1. The average Bonchev–Trinajstić information content (AvgIpc) is 2.03. The maximum absolute atomic E-state index is 12.7. The molecule has 0 aromatic heterocycles. The van der Waals surface area contributed by atoms with E-state index in [1.54, 1.807) is 4.90 Å². The summed E-state index contributed by atoms with van der Waals surface area (Å²) >= 11 is 0. The number of nitrogens with zero attached hydrogens (tertiary/aromatic N) is 1. The number of alkyl halides is 2. The normalized spacial score (nSPS) is 25.5. The van der Waals surface area contributed by atoms with Crippen LogP contribution in [0.4, 0.5) is 8.78 Å². The molecular weight excluding hydrogens is 180 g/mol. The number of carbonyl (C=O) groups is 1. The molecule has 1 aliphatic rings. The molecule has 1 heterocycles. The highest BCUT2D eigenvalue weighted by Crippen LogP contribution is 2.28. The Hall–Kier alpha value is -0.710. The van der Waals surface area contributed by atoms with E-state index in [9.17, 15) is 13.6 Å². The zero-order valence-electron chi connectivity index (χ0n) is 7.46. The first-order valence-electron chi connectivity index (χ1n) is 4.27. The van der Waals surface area contributed by atoms with Crippen molar-refractivity contribution in [3.63, 3.8) is 0 Å². The van der Waals surface area contributed by atoms with Crippen LogP contribution in [0.2, 0.25) is 0 Å². The summed E-state index contributed by atoms with van der Waals surface area (Å²) in [6.07, 6.45) is -0.463. The third-order valence-corrected chi connectivity index (χ3v) is 2.43. The monoisotopic (exact) mass is 193 g/mol. The fourth-order valence-corrected chi connectivity index (χ4v) is 1.39. The van der Waals surface area contributed by atoms with Crippen molar-refractivity contribution >= 4 is 5.97 Å². The van der Waals surface area contributed by atoms with Gasteiger partial charge in [-0.3, -0.25) is 9.69 Å². The molecule has 0 spiro atoms. The van der Waals surface area contributed by atoms with Crippen LogP contribution in [0, 0.1) is 0 Å². The predicted molar refractivity (Wildman–Crippen MR) is 42.9 cm³/mol. The molecule has 1 rings (SSSR count). The average molecular weight is 193 g/mol. The number of halogens is 2. The molecule has 3 nitrogen and oxygen atoms in total. The third-order valence-electron chi connectivity index (χ3n) is 2.43. The number of hydrogen-bond acceptors (Lipinski definition) is 2. The Labute approximate surface area is 75.3 Å². The van der Waals surface area contributed by atoms with Gasteiger partial charge in [-0.25, -0.2) is 8.78 Å². The molecule has 13 heavy (non-hydrogen) atoms. The lowest BCUT2D eigenvalue weighted by atomic mass is 10.1. The Bertz CT molecular complexity index is 198. The van der Waals surface area contributed by atoms with Crippen molar-refractivity contribution in [3.8, 4) is 0 Å². The minimum atomic E-state index is -2.60. The molecule has 1 saturated heterocycles. The molecule has 0 amide bonds. The quantitative estimate of drug-likeness (QED) is 0.716. The molecule has 0 bridgehead atoms. The summed E-state index contributed by atoms with van der Waals surface area (Å²) in [6.45, 7) is 1.85. The lowest BCUT2D eigenvalue weighted by molar-refractivity contribution is -0.145. The molecule has 5 heteroatoms. The van der Waals surface area contributed by atoms with Gasteiger partial charge in [0, 0.05) is 25.9 Å². The van der Waals surface area contributed by atoms with Crippen LogP contribution in [0.15, 0.2) is 0 Å². The molecule has 76 valence electrons. The lowest BCUT2D eigenvalue weighted by Gasteiger charge is -2.33. The summed E-state index contributed by atoms with van der Waals surface area (Å²) < 4.78 is 25.3. The smallest absolute Gasteiger partial charge is 0.320 e. The molecule has 0 radical (unpaired) electrons. The molecule has 0 saturated carbocycles. The van der Waals surface area contributed by atoms with Crippen LogP contribution in [0.5, 0.6) is 0 Å². The fraction of sp³-hybridized carbons (Fsp3) is 0.875. The van der Waals surface area contributed by atoms with Gasteiger partial charge in [0.2, 0.25) is 0 Å². The van der Waals surface area contributed by atoms with E-state index in [4.69, 9.17) is 5.11 Å². The Morgan fingerprint density at radius 2 is 1.92 bits per heavy atom. The van der Waals surface area contributed by atoms with Crippen molar-refractivity contribution in [2.45, 2.75) is 31.7 Å². The summed E-state index contributed by atoms with van der Waals surface area (Å²) in [5.41, 5.74) is 0. The van der Waals surface area contributed by atoms with Crippen LogP contribution in [-0.2, 0) is 4.79 Å². The van der Waals surface area contributed by atoms with Gasteiger partial charge in [-0.15, -0.1) is 0 Å². The van der Waals surface area contributed by atoms with Crippen molar-refractivity contribution in [3.05, 3.63) is 0 Å². The Morgan fingerprint density at radius 3 is 2.31 bits per heavy atom. The standard InChI is InChI=1S/C8H13F2NO2/c1-6(7(12)13)11-4-2-8(9,10)3-5-11/h6H,2-5H2,1H3,(H,12,13)/t6-/m1/s1. The van der Waals surface area contributed by atoms with Gasteiger partial charge in [0.15, 0.2) is 0 Å². The number of piperidine rings is 1. The van der Waals surface area contributed by atoms with Crippen LogP contribution >= 0.6 is 0 Å². The van der Waals surface area contributed by atoms with E-state index in [-0.39, 0.29) is 25.9 Å². The molecule has 0 aliphatic carbocycles. The van der Waals surface area contributed by atoms with Gasteiger partial charge in [0.05, 0.1) is 0 Å². The topological polar surface area (TPSA) is 40.5 Å².